The van der Waals surface area contributed by atoms with Crippen molar-refractivity contribution < 1.29 is 9.59 Å². The lowest BCUT2D eigenvalue weighted by atomic mass is 9.96. The van der Waals surface area contributed by atoms with Crippen LogP contribution in [-0.2, 0) is 9.59 Å². The van der Waals surface area contributed by atoms with E-state index in [0.717, 1.165) is 25.1 Å². The minimum atomic E-state index is -0.253. The molecule has 2 rings (SSSR count). The zero-order chi connectivity index (χ0) is 17.5. The normalized spacial score (nSPS) is 18.0. The number of hydrogen-bond acceptors (Lipinski definition) is 3. The van der Waals surface area contributed by atoms with Gasteiger partial charge in [-0.2, -0.15) is 0 Å². The molecule has 1 fully saturated rings. The highest BCUT2D eigenvalue weighted by Crippen LogP contribution is 2.33. The Hall–Kier alpha value is -1.59. The van der Waals surface area contributed by atoms with Crippen molar-refractivity contribution in [2.45, 2.75) is 39.0 Å². The van der Waals surface area contributed by atoms with Crippen LogP contribution in [0.25, 0.3) is 0 Å². The van der Waals surface area contributed by atoms with Crippen molar-refractivity contribution >= 4 is 29.9 Å². The number of amides is 2. The average Bonchev–Trinajstić information content (AvgIpc) is 2.99. The highest BCUT2D eigenvalue weighted by atomic mass is 35.5. The molecule has 2 amide bonds. The largest absolute Gasteiger partial charge is 0.356 e. The van der Waals surface area contributed by atoms with E-state index in [1.807, 2.05) is 25.2 Å². The minimum Gasteiger partial charge on any atom is -0.356 e. The molecule has 6 heteroatoms. The van der Waals surface area contributed by atoms with Crippen LogP contribution in [0, 0.1) is 5.92 Å². The molecule has 0 bridgehead atoms. The Bertz CT molecular complexity index is 580. The summed E-state index contributed by atoms with van der Waals surface area (Å²) in [6.45, 7) is 6.32. The first kappa shape index (κ1) is 21.5. The van der Waals surface area contributed by atoms with Crippen LogP contribution in [0.1, 0.15) is 44.6 Å². The fraction of sp³-hybridized carbons (Fsp3) is 0.579. The number of para-hydroxylation sites is 1. The Kier molecular flexibility index (Phi) is 8.93. The predicted octanol–water partition coefficient (Wildman–Crippen LogP) is 2.70. The summed E-state index contributed by atoms with van der Waals surface area (Å²) in [5, 5.41) is 6.00. The van der Waals surface area contributed by atoms with Crippen LogP contribution < -0.4 is 15.5 Å². The summed E-state index contributed by atoms with van der Waals surface area (Å²) in [4.78, 5) is 26.6. The molecule has 1 heterocycles. The number of anilines is 1. The molecular weight excluding hydrogens is 338 g/mol. The number of carbonyl (C=O) groups is 2. The van der Waals surface area contributed by atoms with Crippen LogP contribution >= 0.6 is 12.4 Å². The van der Waals surface area contributed by atoms with Gasteiger partial charge in [-0.25, -0.2) is 0 Å². The molecule has 2 atom stereocenters. The van der Waals surface area contributed by atoms with Gasteiger partial charge in [0.2, 0.25) is 11.8 Å². The molecule has 5 nitrogen and oxygen atoms in total. The van der Waals surface area contributed by atoms with E-state index in [9.17, 15) is 9.59 Å². The fourth-order valence-corrected chi connectivity index (χ4v) is 3.11. The van der Waals surface area contributed by atoms with Gasteiger partial charge in [0.15, 0.2) is 0 Å². The van der Waals surface area contributed by atoms with Crippen LogP contribution in [0.3, 0.4) is 0 Å². The summed E-state index contributed by atoms with van der Waals surface area (Å²) in [7, 11) is 1.89. The SMILES string of the molecule is CCC(C)c1ccccc1N1CC(C(=O)NCCCNC)CC1=O.Cl. The molecule has 1 aliphatic heterocycles. The summed E-state index contributed by atoms with van der Waals surface area (Å²) in [5.74, 6) is 0.171. The predicted molar refractivity (Wildman–Crippen MR) is 104 cm³/mol. The fourth-order valence-electron chi connectivity index (χ4n) is 3.11. The summed E-state index contributed by atoms with van der Waals surface area (Å²) < 4.78 is 0. The molecule has 140 valence electrons. The van der Waals surface area contributed by atoms with Gasteiger partial charge in [-0.1, -0.05) is 32.0 Å². The van der Waals surface area contributed by atoms with E-state index in [1.54, 1.807) is 4.90 Å². The van der Waals surface area contributed by atoms with Gasteiger partial charge >= 0.3 is 0 Å². The summed E-state index contributed by atoms with van der Waals surface area (Å²) in [5.41, 5.74) is 2.14. The van der Waals surface area contributed by atoms with E-state index in [0.29, 0.717) is 25.4 Å². The van der Waals surface area contributed by atoms with Gasteiger partial charge in [0.25, 0.3) is 0 Å². The summed E-state index contributed by atoms with van der Waals surface area (Å²) in [6.07, 6.45) is 2.21. The number of halogens is 1. The highest BCUT2D eigenvalue weighted by molar-refractivity contribution is 6.00. The molecular formula is C19H30ClN3O2. The van der Waals surface area contributed by atoms with Crippen molar-refractivity contribution in [2.75, 3.05) is 31.6 Å². The number of nitrogens with zero attached hydrogens (tertiary/aromatic N) is 1. The first-order valence-electron chi connectivity index (χ1n) is 8.90. The summed E-state index contributed by atoms with van der Waals surface area (Å²) >= 11 is 0. The van der Waals surface area contributed by atoms with Crippen molar-refractivity contribution in [2.24, 2.45) is 5.92 Å². The van der Waals surface area contributed by atoms with E-state index in [1.165, 1.54) is 5.56 Å². The van der Waals surface area contributed by atoms with Crippen LogP contribution in [0.4, 0.5) is 5.69 Å². The van der Waals surface area contributed by atoms with Crippen LogP contribution in [0.15, 0.2) is 24.3 Å². The molecule has 2 unspecified atom stereocenters. The topological polar surface area (TPSA) is 61.4 Å². The Balaban J connectivity index is 0.00000312. The van der Waals surface area contributed by atoms with Crippen molar-refractivity contribution in [1.82, 2.24) is 10.6 Å². The van der Waals surface area contributed by atoms with Crippen molar-refractivity contribution in [3.05, 3.63) is 29.8 Å². The quantitative estimate of drug-likeness (QED) is 0.694. The third-order valence-corrected chi connectivity index (χ3v) is 4.77. The van der Waals surface area contributed by atoms with Crippen molar-refractivity contribution in [3.63, 3.8) is 0 Å². The van der Waals surface area contributed by atoms with E-state index in [4.69, 9.17) is 0 Å². The van der Waals surface area contributed by atoms with Gasteiger partial charge in [-0.05, 0) is 44.0 Å². The third kappa shape index (κ3) is 5.44. The Morgan fingerprint density at radius 3 is 2.72 bits per heavy atom. The highest BCUT2D eigenvalue weighted by Gasteiger charge is 2.35. The number of hydrogen-bond donors (Lipinski definition) is 2. The Morgan fingerprint density at radius 1 is 1.32 bits per heavy atom. The van der Waals surface area contributed by atoms with Crippen LogP contribution in [-0.4, -0.2) is 38.5 Å². The van der Waals surface area contributed by atoms with Gasteiger partial charge in [0, 0.05) is 25.2 Å². The first-order chi connectivity index (χ1) is 11.6. The molecule has 2 N–H and O–H groups in total. The maximum Gasteiger partial charge on any atom is 0.227 e. The molecule has 0 aromatic heterocycles. The van der Waals surface area contributed by atoms with Gasteiger partial charge in [0.05, 0.1) is 5.92 Å². The minimum absolute atomic E-state index is 0. The standard InChI is InChI=1S/C19H29N3O2.ClH/c1-4-14(2)16-8-5-6-9-17(16)22-13-15(12-18(22)23)19(24)21-11-7-10-20-3;/h5-6,8-9,14-15,20H,4,7,10-13H2,1-3H3,(H,21,24);1H. The van der Waals surface area contributed by atoms with Crippen molar-refractivity contribution in [1.29, 1.82) is 0 Å². The second kappa shape index (κ2) is 10.4. The zero-order valence-electron chi connectivity index (χ0n) is 15.4. The Morgan fingerprint density at radius 2 is 2.04 bits per heavy atom. The molecule has 0 saturated carbocycles. The Labute approximate surface area is 157 Å². The van der Waals surface area contributed by atoms with E-state index < -0.39 is 0 Å². The maximum absolute atomic E-state index is 12.5. The summed E-state index contributed by atoms with van der Waals surface area (Å²) in [6, 6.07) is 8.05. The molecule has 0 radical (unpaired) electrons. The van der Waals surface area contributed by atoms with Crippen molar-refractivity contribution in [3.8, 4) is 0 Å². The van der Waals surface area contributed by atoms with E-state index >= 15 is 0 Å². The second-order valence-electron chi connectivity index (χ2n) is 6.52. The van der Waals surface area contributed by atoms with Gasteiger partial charge < -0.3 is 15.5 Å². The molecule has 1 aromatic rings. The molecule has 0 spiro atoms. The first-order valence-corrected chi connectivity index (χ1v) is 8.90. The third-order valence-electron chi connectivity index (χ3n) is 4.77. The lowest BCUT2D eigenvalue weighted by molar-refractivity contribution is -0.126. The number of nitrogens with one attached hydrogen (secondary N) is 2. The zero-order valence-corrected chi connectivity index (χ0v) is 16.2. The molecule has 1 aliphatic rings. The maximum atomic E-state index is 12.5. The number of carbonyl (C=O) groups excluding carboxylic acids is 2. The number of benzene rings is 1. The van der Waals surface area contributed by atoms with Crippen LogP contribution in [0.5, 0.6) is 0 Å². The van der Waals surface area contributed by atoms with E-state index in [-0.39, 0.29) is 30.1 Å². The number of rotatable bonds is 8. The molecule has 0 aliphatic carbocycles. The average molecular weight is 368 g/mol. The van der Waals surface area contributed by atoms with Crippen LogP contribution in [0.2, 0.25) is 0 Å². The molecule has 1 aromatic carbocycles. The smallest absolute Gasteiger partial charge is 0.227 e. The monoisotopic (exact) mass is 367 g/mol. The second-order valence-corrected chi connectivity index (χ2v) is 6.52. The lowest BCUT2D eigenvalue weighted by Gasteiger charge is -2.23. The van der Waals surface area contributed by atoms with Gasteiger partial charge in [0.1, 0.15) is 0 Å². The molecule has 1 saturated heterocycles. The molecule has 25 heavy (non-hydrogen) atoms. The van der Waals surface area contributed by atoms with Gasteiger partial charge in [-0.3, -0.25) is 9.59 Å². The van der Waals surface area contributed by atoms with E-state index in [2.05, 4.69) is 30.5 Å². The lowest BCUT2D eigenvalue weighted by Crippen LogP contribution is -2.34. The van der Waals surface area contributed by atoms with Gasteiger partial charge in [-0.15, -0.1) is 12.4 Å².